The molecule has 1 aromatic carbocycles. The van der Waals surface area contributed by atoms with E-state index in [0.29, 0.717) is 13.1 Å². The highest BCUT2D eigenvalue weighted by Crippen LogP contribution is 2.33. The molecule has 1 aliphatic rings. The van der Waals surface area contributed by atoms with Crippen LogP contribution >= 0.6 is 11.8 Å². The van der Waals surface area contributed by atoms with E-state index in [0.717, 1.165) is 18.0 Å². The number of rotatable bonds is 5. The molecular weight excluding hydrogens is 348 g/mol. The summed E-state index contributed by atoms with van der Waals surface area (Å²) in [4.78, 5) is 14.2. The maximum absolute atomic E-state index is 12.4. The van der Waals surface area contributed by atoms with Gasteiger partial charge in [0.05, 0.1) is 7.11 Å². The minimum Gasteiger partial charge on any atom is -0.497 e. The second kappa shape index (κ2) is 8.53. The Hall–Kier alpha value is -1.40. The number of benzene rings is 1. The van der Waals surface area contributed by atoms with Gasteiger partial charge < -0.3 is 19.7 Å². The topological polar surface area (TPSA) is 50.8 Å². The summed E-state index contributed by atoms with van der Waals surface area (Å²) in [6.45, 7) is 12.3. The van der Waals surface area contributed by atoms with Gasteiger partial charge in [-0.2, -0.15) is 0 Å². The molecule has 1 amide bonds. The number of hydrogen-bond donors (Lipinski definition) is 1. The third-order valence-electron chi connectivity index (χ3n) is 4.44. The maximum Gasteiger partial charge on any atom is 0.410 e. The summed E-state index contributed by atoms with van der Waals surface area (Å²) in [6, 6.07) is 8.40. The Morgan fingerprint density at radius 3 is 2.46 bits per heavy atom. The van der Waals surface area contributed by atoms with Crippen molar-refractivity contribution in [2.45, 2.75) is 56.8 Å². The number of piperazine rings is 1. The van der Waals surface area contributed by atoms with Crippen molar-refractivity contribution in [2.75, 3.05) is 26.7 Å². The molecule has 1 aliphatic heterocycles. The molecule has 146 valence electrons. The van der Waals surface area contributed by atoms with E-state index in [1.807, 2.05) is 49.6 Å². The Morgan fingerprint density at radius 2 is 1.88 bits per heavy atom. The molecule has 1 heterocycles. The summed E-state index contributed by atoms with van der Waals surface area (Å²) in [5.41, 5.74) is 0.805. The number of carbonyl (C=O) groups excluding carboxylic acids is 1. The summed E-state index contributed by atoms with van der Waals surface area (Å²) in [7, 11) is 1.68. The van der Waals surface area contributed by atoms with Crippen LogP contribution in [-0.2, 0) is 10.5 Å². The first kappa shape index (κ1) is 20.9. The Labute approximate surface area is 161 Å². The van der Waals surface area contributed by atoms with Crippen LogP contribution in [-0.4, -0.2) is 54.1 Å². The number of nitrogens with zero attached hydrogens (tertiary/aromatic N) is 1. The van der Waals surface area contributed by atoms with Gasteiger partial charge in [0.2, 0.25) is 0 Å². The Bertz CT molecular complexity index is 596. The van der Waals surface area contributed by atoms with E-state index in [4.69, 9.17) is 9.47 Å². The zero-order valence-electron chi connectivity index (χ0n) is 16.8. The molecule has 1 aromatic rings. The third-order valence-corrected chi connectivity index (χ3v) is 5.94. The summed E-state index contributed by atoms with van der Waals surface area (Å²) < 4.78 is 10.7. The van der Waals surface area contributed by atoms with Crippen molar-refractivity contribution in [3.8, 4) is 5.75 Å². The van der Waals surface area contributed by atoms with E-state index < -0.39 is 5.60 Å². The molecule has 1 fully saturated rings. The molecule has 0 radical (unpaired) electrons. The molecule has 0 saturated carbocycles. The van der Waals surface area contributed by atoms with E-state index in [9.17, 15) is 4.79 Å². The van der Waals surface area contributed by atoms with E-state index in [1.54, 1.807) is 7.11 Å². The van der Waals surface area contributed by atoms with Crippen molar-refractivity contribution >= 4 is 17.9 Å². The molecule has 0 bridgehead atoms. The normalized spacial score (nSPS) is 18.5. The molecule has 1 unspecified atom stereocenters. The number of thioether (sulfide) groups is 1. The van der Waals surface area contributed by atoms with E-state index in [2.05, 4.69) is 31.3 Å². The van der Waals surface area contributed by atoms with Crippen LogP contribution in [0.25, 0.3) is 0 Å². The van der Waals surface area contributed by atoms with Gasteiger partial charge in [-0.3, -0.25) is 0 Å². The number of nitrogens with one attached hydrogen (secondary N) is 1. The lowest BCUT2D eigenvalue weighted by atomic mass is 10.0. The van der Waals surface area contributed by atoms with Gasteiger partial charge in [0, 0.05) is 36.2 Å². The summed E-state index contributed by atoms with van der Waals surface area (Å²) in [5.74, 6) is 1.79. The molecule has 1 saturated heterocycles. The molecular formula is C20H32N2O3S. The van der Waals surface area contributed by atoms with Crippen LogP contribution in [0.5, 0.6) is 5.75 Å². The lowest BCUT2D eigenvalue weighted by molar-refractivity contribution is 0.0186. The van der Waals surface area contributed by atoms with Crippen LogP contribution < -0.4 is 10.1 Å². The quantitative estimate of drug-likeness (QED) is 0.839. The fourth-order valence-corrected chi connectivity index (χ4v) is 3.89. The average Bonchev–Trinajstić information content (AvgIpc) is 2.59. The molecule has 0 aromatic heterocycles. The average molecular weight is 381 g/mol. The molecule has 5 nitrogen and oxygen atoms in total. The Morgan fingerprint density at radius 1 is 1.23 bits per heavy atom. The summed E-state index contributed by atoms with van der Waals surface area (Å²) >= 11 is 1.90. The fourth-order valence-electron chi connectivity index (χ4n) is 2.80. The highest BCUT2D eigenvalue weighted by Gasteiger charge is 2.36. The van der Waals surface area contributed by atoms with Gasteiger partial charge in [0.15, 0.2) is 0 Å². The van der Waals surface area contributed by atoms with Gasteiger partial charge in [-0.25, -0.2) is 4.79 Å². The number of amides is 1. The second-order valence-electron chi connectivity index (χ2n) is 8.17. The molecule has 1 N–H and O–H groups in total. The first-order valence-electron chi connectivity index (χ1n) is 9.09. The van der Waals surface area contributed by atoms with Gasteiger partial charge >= 0.3 is 6.09 Å². The second-order valence-corrected chi connectivity index (χ2v) is 9.80. The minimum atomic E-state index is -0.462. The van der Waals surface area contributed by atoms with Crippen LogP contribution in [0.1, 0.15) is 40.2 Å². The van der Waals surface area contributed by atoms with Crippen LogP contribution in [0.2, 0.25) is 0 Å². The summed E-state index contributed by atoms with van der Waals surface area (Å²) in [5, 5.41) is 3.57. The van der Waals surface area contributed by atoms with Gasteiger partial charge in [-0.05, 0) is 52.3 Å². The fraction of sp³-hybridized carbons (Fsp3) is 0.650. The van der Waals surface area contributed by atoms with Crippen LogP contribution in [0, 0.1) is 0 Å². The van der Waals surface area contributed by atoms with Crippen molar-refractivity contribution in [3.63, 3.8) is 0 Å². The van der Waals surface area contributed by atoms with Crippen molar-refractivity contribution in [3.05, 3.63) is 29.8 Å². The first-order valence-corrected chi connectivity index (χ1v) is 10.1. The van der Waals surface area contributed by atoms with Gasteiger partial charge in [0.1, 0.15) is 11.4 Å². The van der Waals surface area contributed by atoms with Crippen molar-refractivity contribution in [1.29, 1.82) is 0 Å². The van der Waals surface area contributed by atoms with E-state index >= 15 is 0 Å². The molecule has 1 atom stereocenters. The van der Waals surface area contributed by atoms with Crippen LogP contribution in [0.15, 0.2) is 24.3 Å². The molecule has 0 spiro atoms. The molecule has 0 aliphatic carbocycles. The predicted octanol–water partition coefficient (Wildman–Crippen LogP) is 3.92. The lowest BCUT2D eigenvalue weighted by Crippen LogP contribution is -2.59. The van der Waals surface area contributed by atoms with E-state index in [1.165, 1.54) is 5.56 Å². The minimum absolute atomic E-state index is 0.0133. The maximum atomic E-state index is 12.4. The molecule has 6 heteroatoms. The highest BCUT2D eigenvalue weighted by molar-refractivity contribution is 7.99. The smallest absolute Gasteiger partial charge is 0.410 e. The zero-order valence-corrected chi connectivity index (χ0v) is 17.6. The van der Waals surface area contributed by atoms with Crippen molar-refractivity contribution in [1.82, 2.24) is 10.2 Å². The number of methoxy groups -OCH3 is 1. The first-order chi connectivity index (χ1) is 12.1. The van der Waals surface area contributed by atoms with Gasteiger partial charge in [-0.1, -0.05) is 12.1 Å². The third kappa shape index (κ3) is 6.09. The van der Waals surface area contributed by atoms with Crippen molar-refractivity contribution in [2.24, 2.45) is 0 Å². The number of hydrogen-bond acceptors (Lipinski definition) is 5. The molecule has 26 heavy (non-hydrogen) atoms. The SMILES string of the molecule is COc1ccc(CSC(C)(C)C2CN(C(=O)OC(C)(C)C)CCN2)cc1. The van der Waals surface area contributed by atoms with E-state index in [-0.39, 0.29) is 16.9 Å². The van der Waals surface area contributed by atoms with Crippen LogP contribution in [0.3, 0.4) is 0 Å². The van der Waals surface area contributed by atoms with Gasteiger partial charge in [-0.15, -0.1) is 11.8 Å². The lowest BCUT2D eigenvalue weighted by Gasteiger charge is -2.42. The Balaban J connectivity index is 1.93. The van der Waals surface area contributed by atoms with Crippen LogP contribution in [0.4, 0.5) is 4.79 Å². The summed E-state index contributed by atoms with van der Waals surface area (Å²) in [6.07, 6.45) is -0.222. The highest BCUT2D eigenvalue weighted by atomic mass is 32.2. The number of ether oxygens (including phenoxy) is 2. The zero-order chi connectivity index (χ0) is 19.4. The van der Waals surface area contributed by atoms with Gasteiger partial charge in [0.25, 0.3) is 0 Å². The van der Waals surface area contributed by atoms with Crippen molar-refractivity contribution < 1.29 is 14.3 Å². The molecule has 2 rings (SSSR count). The number of carbonyl (C=O) groups is 1. The monoisotopic (exact) mass is 380 g/mol. The predicted molar refractivity (Wildman–Crippen MR) is 108 cm³/mol. The standard InChI is InChI=1S/C20H32N2O3S/c1-19(2,3)25-18(23)22-12-11-21-17(13-22)20(4,5)26-14-15-7-9-16(24-6)10-8-15/h7-10,17,21H,11-14H2,1-6H3. The largest absolute Gasteiger partial charge is 0.497 e. The Kier molecular flexibility index (Phi) is 6.86.